The Bertz CT molecular complexity index is 521. The second-order valence-electron chi connectivity index (χ2n) is 5.06. The number of thiazole rings is 1. The summed E-state index contributed by atoms with van der Waals surface area (Å²) in [5.74, 6) is 0.493. The van der Waals surface area contributed by atoms with Crippen molar-refractivity contribution in [3.8, 4) is 0 Å². The number of nitrogens with zero attached hydrogens (tertiary/aromatic N) is 1. The van der Waals surface area contributed by atoms with Gasteiger partial charge in [-0.2, -0.15) is 0 Å². The van der Waals surface area contributed by atoms with E-state index in [0.717, 1.165) is 6.54 Å². The Morgan fingerprint density at radius 1 is 1.42 bits per heavy atom. The molecule has 0 amide bonds. The van der Waals surface area contributed by atoms with E-state index in [4.69, 9.17) is 0 Å². The van der Waals surface area contributed by atoms with Gasteiger partial charge in [0.2, 0.25) is 0 Å². The molecule has 0 saturated heterocycles. The van der Waals surface area contributed by atoms with Crippen LogP contribution < -0.4 is 5.32 Å². The highest BCUT2D eigenvalue weighted by atomic mass is 32.2. The molecule has 3 rings (SSSR count). The van der Waals surface area contributed by atoms with Crippen LogP contribution in [-0.4, -0.2) is 16.8 Å². The molecule has 1 aliphatic heterocycles. The van der Waals surface area contributed by atoms with E-state index >= 15 is 0 Å². The third-order valence-electron chi connectivity index (χ3n) is 3.45. The van der Waals surface area contributed by atoms with Gasteiger partial charge >= 0.3 is 0 Å². The maximum atomic E-state index is 4.41. The minimum Gasteiger partial charge on any atom is -0.309 e. The van der Waals surface area contributed by atoms with E-state index in [1.807, 2.05) is 29.3 Å². The number of hydrogen-bond acceptors (Lipinski definition) is 5. The van der Waals surface area contributed by atoms with Crippen LogP contribution in [0.3, 0.4) is 0 Å². The van der Waals surface area contributed by atoms with Gasteiger partial charge in [-0.15, -0.1) is 34.4 Å². The predicted octanol–water partition coefficient (Wildman–Crippen LogP) is 4.52. The molecule has 1 N–H and O–H groups in total. The van der Waals surface area contributed by atoms with Crippen LogP contribution in [0.4, 0.5) is 0 Å². The van der Waals surface area contributed by atoms with Gasteiger partial charge in [0, 0.05) is 35.3 Å². The highest BCUT2D eigenvalue weighted by Crippen LogP contribution is 2.43. The van der Waals surface area contributed by atoms with Crippen molar-refractivity contribution in [3.05, 3.63) is 33.6 Å². The third-order valence-corrected chi connectivity index (χ3v) is 6.80. The van der Waals surface area contributed by atoms with Crippen LogP contribution in [0.5, 0.6) is 0 Å². The summed E-state index contributed by atoms with van der Waals surface area (Å²) in [6.07, 6.45) is 3.12. The summed E-state index contributed by atoms with van der Waals surface area (Å²) in [4.78, 5) is 4.41. The third kappa shape index (κ3) is 3.05. The van der Waals surface area contributed by atoms with Crippen LogP contribution in [0.15, 0.2) is 27.2 Å². The molecule has 2 nitrogen and oxygen atoms in total. The Hall–Kier alpha value is -0.360. The molecule has 0 radical (unpaired) electrons. The molecule has 0 spiro atoms. The number of fused-ring (bicyclic) bond motifs is 1. The first-order valence-corrected chi connectivity index (χ1v) is 9.24. The lowest BCUT2D eigenvalue weighted by atomic mass is 10.0. The second-order valence-corrected chi connectivity index (χ2v) is 8.61. The van der Waals surface area contributed by atoms with Crippen molar-refractivity contribution >= 4 is 34.4 Å². The summed E-state index contributed by atoms with van der Waals surface area (Å²) in [5.41, 5.74) is 1.50. The average molecular weight is 311 g/mol. The minimum atomic E-state index is 0.493. The van der Waals surface area contributed by atoms with E-state index < -0.39 is 0 Å². The minimum absolute atomic E-state index is 0.493. The molecule has 0 aliphatic carbocycles. The lowest BCUT2D eigenvalue weighted by molar-refractivity contribution is 0.470. The average Bonchev–Trinajstić information content (AvgIpc) is 3.05. The number of rotatable bonds is 4. The Balaban J connectivity index is 1.65. The molecular formula is C14H18N2S3. The van der Waals surface area contributed by atoms with E-state index in [2.05, 4.69) is 41.0 Å². The monoisotopic (exact) mass is 310 g/mol. The van der Waals surface area contributed by atoms with Crippen LogP contribution in [-0.2, 0) is 0 Å². The molecule has 0 bridgehead atoms. The molecule has 102 valence electrons. The first-order chi connectivity index (χ1) is 9.24. The molecule has 3 atom stereocenters. The van der Waals surface area contributed by atoms with Gasteiger partial charge < -0.3 is 5.32 Å². The summed E-state index contributed by atoms with van der Waals surface area (Å²) >= 11 is 5.65. The highest BCUT2D eigenvalue weighted by molar-refractivity contribution is 8.01. The Morgan fingerprint density at radius 3 is 3.11 bits per heavy atom. The van der Waals surface area contributed by atoms with Crippen molar-refractivity contribution in [1.82, 2.24) is 10.3 Å². The Labute approximate surface area is 126 Å². The van der Waals surface area contributed by atoms with Crippen molar-refractivity contribution in [3.63, 3.8) is 0 Å². The maximum Gasteiger partial charge on any atom is 0.0965 e. The van der Waals surface area contributed by atoms with Gasteiger partial charge in [0.1, 0.15) is 0 Å². The Morgan fingerprint density at radius 2 is 2.32 bits per heavy atom. The number of thioether (sulfide) groups is 1. The van der Waals surface area contributed by atoms with Gasteiger partial charge in [-0.3, -0.25) is 0 Å². The molecule has 2 aromatic rings. The summed E-state index contributed by atoms with van der Waals surface area (Å²) in [5, 5.41) is 9.96. The number of nitrogens with one attached hydrogen (secondary N) is 1. The zero-order chi connectivity index (χ0) is 13.2. The lowest BCUT2D eigenvalue weighted by Crippen LogP contribution is -2.29. The topological polar surface area (TPSA) is 24.9 Å². The van der Waals surface area contributed by atoms with Crippen molar-refractivity contribution in [2.75, 3.05) is 6.54 Å². The molecule has 0 fully saturated rings. The fourth-order valence-corrected chi connectivity index (χ4v) is 5.69. The molecule has 0 saturated carbocycles. The zero-order valence-corrected chi connectivity index (χ0v) is 13.6. The van der Waals surface area contributed by atoms with E-state index in [1.165, 1.54) is 21.2 Å². The lowest BCUT2D eigenvalue weighted by Gasteiger charge is -2.28. The Kier molecular flexibility index (Phi) is 4.27. The van der Waals surface area contributed by atoms with E-state index in [0.29, 0.717) is 17.2 Å². The van der Waals surface area contributed by atoms with Gasteiger partial charge in [-0.1, -0.05) is 13.8 Å². The number of thiophene rings is 1. The number of hydrogen-bond donors (Lipinski definition) is 1. The quantitative estimate of drug-likeness (QED) is 0.898. The SMILES string of the molecule is CC(CNC1C[C@H](C)Sc2sccc21)c1nccs1. The first-order valence-electron chi connectivity index (χ1n) is 6.61. The second kappa shape index (κ2) is 5.95. The van der Waals surface area contributed by atoms with Crippen molar-refractivity contribution in [2.24, 2.45) is 0 Å². The van der Waals surface area contributed by atoms with Crippen LogP contribution in [0.2, 0.25) is 0 Å². The van der Waals surface area contributed by atoms with E-state index in [-0.39, 0.29) is 0 Å². The van der Waals surface area contributed by atoms with Crippen molar-refractivity contribution < 1.29 is 0 Å². The fraction of sp³-hybridized carbons (Fsp3) is 0.500. The summed E-state index contributed by atoms with van der Waals surface area (Å²) in [6, 6.07) is 2.80. The van der Waals surface area contributed by atoms with Gasteiger partial charge in [-0.05, 0) is 23.4 Å². The molecule has 3 heterocycles. The van der Waals surface area contributed by atoms with Gasteiger partial charge in [0.25, 0.3) is 0 Å². The van der Waals surface area contributed by atoms with Gasteiger partial charge in [-0.25, -0.2) is 4.98 Å². The van der Waals surface area contributed by atoms with E-state index in [9.17, 15) is 0 Å². The van der Waals surface area contributed by atoms with Gasteiger partial charge in [0.05, 0.1) is 9.22 Å². The smallest absolute Gasteiger partial charge is 0.0965 e. The van der Waals surface area contributed by atoms with E-state index in [1.54, 1.807) is 11.3 Å². The van der Waals surface area contributed by atoms with Crippen molar-refractivity contribution in [1.29, 1.82) is 0 Å². The normalized spacial score (nSPS) is 24.1. The highest BCUT2D eigenvalue weighted by Gasteiger charge is 2.26. The molecule has 2 aromatic heterocycles. The van der Waals surface area contributed by atoms with Crippen LogP contribution in [0.1, 0.15) is 42.8 Å². The first kappa shape index (κ1) is 13.6. The van der Waals surface area contributed by atoms with Crippen LogP contribution >= 0.6 is 34.4 Å². The van der Waals surface area contributed by atoms with Crippen LogP contribution in [0, 0.1) is 0 Å². The van der Waals surface area contributed by atoms with Gasteiger partial charge in [0.15, 0.2) is 0 Å². The fourth-order valence-electron chi connectivity index (χ4n) is 2.43. The number of aromatic nitrogens is 1. The molecule has 2 unspecified atom stereocenters. The standard InChI is InChI=1S/C14H18N2S3/c1-9(13-15-4-6-17-13)8-16-12-7-10(2)19-14-11(12)3-5-18-14/h3-6,9-10,12,16H,7-8H2,1-2H3/t9?,10-,12?/m0/s1. The predicted molar refractivity (Wildman–Crippen MR) is 85.5 cm³/mol. The summed E-state index contributed by atoms with van der Waals surface area (Å²) in [6.45, 7) is 5.58. The van der Waals surface area contributed by atoms with Crippen molar-refractivity contribution in [2.45, 2.75) is 41.7 Å². The summed E-state index contributed by atoms with van der Waals surface area (Å²) in [7, 11) is 0. The molecule has 5 heteroatoms. The largest absolute Gasteiger partial charge is 0.309 e. The molecule has 19 heavy (non-hydrogen) atoms. The zero-order valence-electron chi connectivity index (χ0n) is 11.1. The molecular weight excluding hydrogens is 292 g/mol. The van der Waals surface area contributed by atoms with Crippen LogP contribution in [0.25, 0.3) is 0 Å². The maximum absolute atomic E-state index is 4.41. The molecule has 1 aliphatic rings. The summed E-state index contributed by atoms with van der Waals surface area (Å²) < 4.78 is 1.50. The molecule has 0 aromatic carbocycles.